The van der Waals surface area contributed by atoms with Crippen molar-refractivity contribution in [1.29, 1.82) is 5.26 Å². The summed E-state index contributed by atoms with van der Waals surface area (Å²) >= 11 is 0. The van der Waals surface area contributed by atoms with E-state index in [0.29, 0.717) is 34.0 Å². The zero-order valence-corrected chi connectivity index (χ0v) is 13.7. The van der Waals surface area contributed by atoms with Crippen LogP contribution in [0.1, 0.15) is 5.69 Å². The summed E-state index contributed by atoms with van der Waals surface area (Å²) in [6.45, 7) is -0.559. The largest absolute Gasteiger partial charge is 0.324 e. The number of alkyl halides is 2. The van der Waals surface area contributed by atoms with Crippen LogP contribution in [-0.4, -0.2) is 30.3 Å². The summed E-state index contributed by atoms with van der Waals surface area (Å²) in [4.78, 5) is 12.3. The van der Waals surface area contributed by atoms with E-state index in [-0.39, 0.29) is 0 Å². The number of halogens is 3. The van der Waals surface area contributed by atoms with Gasteiger partial charge in [-0.15, -0.1) is 0 Å². The van der Waals surface area contributed by atoms with Crippen molar-refractivity contribution in [2.45, 2.75) is 13.0 Å². The number of nitriles is 1. The summed E-state index contributed by atoms with van der Waals surface area (Å²) in [7, 11) is 0. The van der Waals surface area contributed by atoms with Crippen LogP contribution in [0.2, 0.25) is 0 Å². The highest BCUT2D eigenvalue weighted by molar-refractivity contribution is 5.77. The molecule has 4 aromatic rings. The van der Waals surface area contributed by atoms with Gasteiger partial charge in [-0.25, -0.2) is 23.1 Å². The van der Waals surface area contributed by atoms with Gasteiger partial charge in [-0.05, 0) is 24.3 Å². The zero-order valence-electron chi connectivity index (χ0n) is 13.7. The highest BCUT2D eigenvalue weighted by Crippen LogP contribution is 2.31. The van der Waals surface area contributed by atoms with Crippen LogP contribution < -0.4 is 0 Å². The molecule has 0 amide bonds. The quantitative estimate of drug-likeness (QED) is 0.552. The van der Waals surface area contributed by atoms with Crippen LogP contribution in [0.25, 0.3) is 28.3 Å². The Morgan fingerprint density at radius 1 is 1.07 bits per heavy atom. The van der Waals surface area contributed by atoms with E-state index >= 15 is 0 Å². The fraction of sp³-hybridized carbons (Fsp3) is 0.111. The van der Waals surface area contributed by atoms with Crippen LogP contribution in [0.4, 0.5) is 13.2 Å². The molecule has 0 aromatic carbocycles. The Bertz CT molecular complexity index is 1150. The molecule has 4 rings (SSSR count). The number of imidazole rings is 2. The van der Waals surface area contributed by atoms with E-state index in [1.165, 1.54) is 29.2 Å². The van der Waals surface area contributed by atoms with Gasteiger partial charge in [-0.1, -0.05) is 0 Å². The van der Waals surface area contributed by atoms with Crippen molar-refractivity contribution in [3.63, 3.8) is 0 Å². The number of nitrogens with zero attached hydrogens (tertiary/aromatic N) is 6. The van der Waals surface area contributed by atoms with Crippen molar-refractivity contribution < 1.29 is 13.2 Å². The van der Waals surface area contributed by atoms with Crippen LogP contribution in [-0.2, 0) is 6.54 Å². The van der Waals surface area contributed by atoms with E-state index in [9.17, 15) is 18.4 Å². The summed E-state index contributed by atoms with van der Waals surface area (Å²) < 4.78 is 42.1. The molecule has 0 aliphatic carbocycles. The number of aromatic nitrogens is 5. The maximum absolute atomic E-state index is 13.2. The summed E-state index contributed by atoms with van der Waals surface area (Å²) in [6.07, 6.45) is 2.81. The molecule has 6 nitrogen and oxygen atoms in total. The van der Waals surface area contributed by atoms with Crippen LogP contribution in [0.15, 0.2) is 49.2 Å². The number of hydrogen-bond donors (Lipinski definition) is 0. The summed E-state index contributed by atoms with van der Waals surface area (Å²) in [5.74, 6) is -0.509. The molecular weight excluding hydrogens is 357 g/mol. The second kappa shape index (κ2) is 6.57. The van der Waals surface area contributed by atoms with Gasteiger partial charge in [0.05, 0.1) is 36.7 Å². The van der Waals surface area contributed by atoms with Gasteiger partial charge in [0.1, 0.15) is 28.9 Å². The number of pyridine rings is 2. The van der Waals surface area contributed by atoms with E-state index in [2.05, 4.69) is 15.0 Å². The minimum Gasteiger partial charge on any atom is -0.324 e. The number of fused-ring (bicyclic) bond motifs is 1. The Labute approximate surface area is 151 Å². The molecule has 0 saturated heterocycles. The fourth-order valence-corrected chi connectivity index (χ4v) is 2.88. The Hall–Kier alpha value is -3.67. The summed E-state index contributed by atoms with van der Waals surface area (Å²) in [5.41, 5.74) is 2.51. The van der Waals surface area contributed by atoms with Gasteiger partial charge in [-0.3, -0.25) is 9.38 Å². The first-order chi connectivity index (χ1) is 13.1. The van der Waals surface area contributed by atoms with Crippen LogP contribution in [0.5, 0.6) is 0 Å². The lowest BCUT2D eigenvalue weighted by Crippen LogP contribution is -2.07. The molecular formula is C18H11F3N6. The first-order valence-electron chi connectivity index (χ1n) is 7.89. The van der Waals surface area contributed by atoms with Gasteiger partial charge in [0, 0.05) is 11.8 Å². The standard InChI is InChI=1S/C18H11F3N6/c19-12-2-3-14(23-6-12)17-18(26(10-25-17)9-15(20)21)11-1-4-16-24-7-13(5-22)27(16)8-11/h1-4,6-8,10,15H,9H2. The molecule has 4 aromatic heterocycles. The lowest BCUT2D eigenvalue weighted by Gasteiger charge is -2.11. The Morgan fingerprint density at radius 2 is 1.93 bits per heavy atom. The van der Waals surface area contributed by atoms with Crippen molar-refractivity contribution in [1.82, 2.24) is 23.9 Å². The minimum atomic E-state index is -2.58. The third-order valence-corrected chi connectivity index (χ3v) is 4.04. The molecule has 0 radical (unpaired) electrons. The number of rotatable bonds is 4. The molecule has 0 fully saturated rings. The summed E-state index contributed by atoms with van der Waals surface area (Å²) in [6, 6.07) is 8.07. The predicted octanol–water partition coefficient (Wildman–Crippen LogP) is 3.54. The Kier molecular flexibility index (Phi) is 4.08. The SMILES string of the molecule is N#Cc1cnc2ccc(-c3c(-c4ccc(F)cn4)ncn3CC(F)F)cn12. The monoisotopic (exact) mass is 368 g/mol. The molecule has 0 spiro atoms. The average Bonchev–Trinajstić information content (AvgIpc) is 3.25. The molecule has 0 N–H and O–H groups in total. The second-order valence-electron chi connectivity index (χ2n) is 5.75. The fourth-order valence-electron chi connectivity index (χ4n) is 2.88. The summed E-state index contributed by atoms with van der Waals surface area (Å²) in [5, 5.41) is 9.21. The minimum absolute atomic E-state index is 0.313. The molecule has 0 atom stereocenters. The van der Waals surface area contributed by atoms with Gasteiger partial charge < -0.3 is 4.57 Å². The van der Waals surface area contributed by atoms with Crippen molar-refractivity contribution in [3.05, 3.63) is 60.7 Å². The molecule has 134 valence electrons. The molecule has 0 saturated carbocycles. The Balaban J connectivity index is 1.93. The molecule has 4 heterocycles. The average molecular weight is 368 g/mol. The van der Waals surface area contributed by atoms with Gasteiger partial charge in [0.2, 0.25) is 0 Å². The zero-order chi connectivity index (χ0) is 19.0. The van der Waals surface area contributed by atoms with Gasteiger partial charge in [0.25, 0.3) is 6.43 Å². The Morgan fingerprint density at radius 3 is 2.63 bits per heavy atom. The van der Waals surface area contributed by atoms with Gasteiger partial charge in [0.15, 0.2) is 0 Å². The highest BCUT2D eigenvalue weighted by Gasteiger charge is 2.19. The van der Waals surface area contributed by atoms with E-state index in [1.807, 2.05) is 6.07 Å². The lowest BCUT2D eigenvalue weighted by molar-refractivity contribution is 0.127. The second-order valence-corrected chi connectivity index (χ2v) is 5.75. The molecule has 0 unspecified atom stereocenters. The van der Waals surface area contributed by atoms with Crippen LogP contribution in [0.3, 0.4) is 0 Å². The maximum Gasteiger partial charge on any atom is 0.256 e. The third-order valence-electron chi connectivity index (χ3n) is 4.04. The van der Waals surface area contributed by atoms with E-state index < -0.39 is 18.8 Å². The first-order valence-corrected chi connectivity index (χ1v) is 7.89. The normalized spacial score (nSPS) is 11.2. The molecule has 0 aliphatic heterocycles. The lowest BCUT2D eigenvalue weighted by atomic mass is 10.1. The van der Waals surface area contributed by atoms with Gasteiger partial charge >= 0.3 is 0 Å². The molecule has 27 heavy (non-hydrogen) atoms. The molecule has 9 heteroatoms. The topological polar surface area (TPSA) is 71.8 Å². The van der Waals surface area contributed by atoms with Gasteiger partial charge in [-0.2, -0.15) is 5.26 Å². The highest BCUT2D eigenvalue weighted by atomic mass is 19.3. The van der Waals surface area contributed by atoms with E-state index in [0.717, 1.165) is 6.20 Å². The predicted molar refractivity (Wildman–Crippen MR) is 90.3 cm³/mol. The smallest absolute Gasteiger partial charge is 0.256 e. The van der Waals surface area contributed by atoms with Crippen molar-refractivity contribution >= 4 is 5.65 Å². The van der Waals surface area contributed by atoms with Crippen molar-refractivity contribution in [2.24, 2.45) is 0 Å². The van der Waals surface area contributed by atoms with Crippen molar-refractivity contribution in [3.8, 4) is 28.7 Å². The van der Waals surface area contributed by atoms with Crippen LogP contribution >= 0.6 is 0 Å². The first kappa shape index (κ1) is 16.8. The third kappa shape index (κ3) is 3.01. The number of hydrogen-bond acceptors (Lipinski definition) is 4. The molecule has 0 bridgehead atoms. The van der Waals surface area contributed by atoms with Crippen LogP contribution in [0, 0.1) is 17.1 Å². The van der Waals surface area contributed by atoms with Crippen molar-refractivity contribution in [2.75, 3.05) is 0 Å². The molecule has 0 aliphatic rings. The van der Waals surface area contributed by atoms with E-state index in [4.69, 9.17) is 0 Å². The van der Waals surface area contributed by atoms with E-state index in [1.54, 1.807) is 22.7 Å². The maximum atomic E-state index is 13.2.